The average Bonchev–Trinajstić information content (AvgIpc) is 3.23. The molecule has 0 saturated carbocycles. The molecule has 0 unspecified atom stereocenters. The lowest BCUT2D eigenvalue weighted by molar-refractivity contribution is -0.181. The van der Waals surface area contributed by atoms with Gasteiger partial charge in [0.2, 0.25) is 0 Å². The zero-order valence-corrected chi connectivity index (χ0v) is 14.1. The zero-order valence-electron chi connectivity index (χ0n) is 14.1. The first kappa shape index (κ1) is 16.2. The summed E-state index contributed by atoms with van der Waals surface area (Å²) in [5.74, 6) is -0.841. The lowest BCUT2D eigenvalue weighted by Crippen LogP contribution is -2.47. The van der Waals surface area contributed by atoms with Crippen LogP contribution in [0.1, 0.15) is 28.9 Å². The number of aromatic nitrogens is 2. The minimum atomic E-state index is -0.496. The van der Waals surface area contributed by atoms with Gasteiger partial charge in [-0.3, -0.25) is 4.79 Å². The van der Waals surface area contributed by atoms with Crippen LogP contribution in [0, 0.1) is 12.7 Å². The van der Waals surface area contributed by atoms with Crippen LogP contribution in [-0.4, -0.2) is 52.7 Å². The van der Waals surface area contributed by atoms with Crippen LogP contribution >= 0.6 is 0 Å². The summed E-state index contributed by atoms with van der Waals surface area (Å²) >= 11 is 0. The fourth-order valence-electron chi connectivity index (χ4n) is 3.47. The Bertz CT molecular complexity index is 771. The number of hydrogen-bond donors (Lipinski definition) is 0. The molecule has 0 aliphatic carbocycles. The van der Waals surface area contributed by atoms with Crippen LogP contribution in [0.5, 0.6) is 0 Å². The standard InChI is InChI=1S/C18H20FN3O3/c1-13-16(12-20-22(13)15-4-2-14(19)3-5-15)17(23)21-8-6-18(7-9-21)24-10-11-25-18/h2-5,12H,6-11H2,1H3. The van der Waals surface area contributed by atoms with Crippen LogP contribution in [0.25, 0.3) is 5.69 Å². The average molecular weight is 345 g/mol. The Morgan fingerprint density at radius 1 is 1.16 bits per heavy atom. The van der Waals surface area contributed by atoms with Crippen molar-refractivity contribution >= 4 is 5.91 Å². The van der Waals surface area contributed by atoms with Gasteiger partial charge in [-0.15, -0.1) is 0 Å². The SMILES string of the molecule is Cc1c(C(=O)N2CCC3(CC2)OCCO3)cnn1-c1ccc(F)cc1. The molecule has 132 valence electrons. The Morgan fingerprint density at radius 2 is 1.80 bits per heavy atom. The molecule has 0 bridgehead atoms. The van der Waals surface area contributed by atoms with Gasteiger partial charge in [-0.2, -0.15) is 5.10 Å². The van der Waals surface area contributed by atoms with Crippen molar-refractivity contribution in [1.29, 1.82) is 0 Å². The smallest absolute Gasteiger partial charge is 0.257 e. The third kappa shape index (κ3) is 2.94. The number of benzene rings is 1. The van der Waals surface area contributed by atoms with Crippen molar-refractivity contribution in [3.8, 4) is 5.69 Å². The number of nitrogens with zero attached hydrogens (tertiary/aromatic N) is 3. The summed E-state index contributed by atoms with van der Waals surface area (Å²) in [5, 5.41) is 4.30. The molecular formula is C18H20FN3O3. The highest BCUT2D eigenvalue weighted by molar-refractivity contribution is 5.95. The molecule has 0 N–H and O–H groups in total. The number of rotatable bonds is 2. The quantitative estimate of drug-likeness (QED) is 0.838. The number of hydrogen-bond acceptors (Lipinski definition) is 4. The molecule has 2 aromatic rings. The van der Waals surface area contributed by atoms with Gasteiger partial charge < -0.3 is 14.4 Å². The Hall–Kier alpha value is -2.25. The maximum Gasteiger partial charge on any atom is 0.257 e. The van der Waals surface area contributed by atoms with Crippen LogP contribution in [0.3, 0.4) is 0 Å². The lowest BCUT2D eigenvalue weighted by atomic mass is 10.0. The normalized spacial score (nSPS) is 19.5. The first-order chi connectivity index (χ1) is 12.1. The molecule has 1 spiro atoms. The van der Waals surface area contributed by atoms with E-state index in [0.29, 0.717) is 44.7 Å². The molecule has 1 aromatic heterocycles. The van der Waals surface area contributed by atoms with E-state index in [0.717, 1.165) is 11.4 Å². The summed E-state index contributed by atoms with van der Waals surface area (Å²) in [6, 6.07) is 6.04. The van der Waals surface area contributed by atoms with E-state index < -0.39 is 5.79 Å². The summed E-state index contributed by atoms with van der Waals surface area (Å²) in [6.45, 7) is 4.28. The van der Waals surface area contributed by atoms with Crippen molar-refractivity contribution in [2.24, 2.45) is 0 Å². The number of halogens is 1. The van der Waals surface area contributed by atoms with Gasteiger partial charge in [0.1, 0.15) is 5.82 Å². The molecule has 6 nitrogen and oxygen atoms in total. The monoisotopic (exact) mass is 345 g/mol. The molecule has 0 radical (unpaired) electrons. The van der Waals surface area contributed by atoms with Crippen LogP contribution in [0.4, 0.5) is 4.39 Å². The molecule has 2 aliphatic heterocycles. The largest absolute Gasteiger partial charge is 0.347 e. The van der Waals surface area contributed by atoms with E-state index in [1.54, 1.807) is 23.0 Å². The van der Waals surface area contributed by atoms with Crippen LogP contribution in [-0.2, 0) is 9.47 Å². The fraction of sp³-hybridized carbons (Fsp3) is 0.444. The highest BCUT2D eigenvalue weighted by Gasteiger charge is 2.41. The van der Waals surface area contributed by atoms with Crippen molar-refractivity contribution in [2.75, 3.05) is 26.3 Å². The van der Waals surface area contributed by atoms with Gasteiger partial charge >= 0.3 is 0 Å². The van der Waals surface area contributed by atoms with Crippen molar-refractivity contribution in [3.63, 3.8) is 0 Å². The Balaban J connectivity index is 1.50. The first-order valence-corrected chi connectivity index (χ1v) is 8.46. The summed E-state index contributed by atoms with van der Waals surface area (Å²) < 4.78 is 26.2. The van der Waals surface area contributed by atoms with Crippen LogP contribution in [0.2, 0.25) is 0 Å². The van der Waals surface area contributed by atoms with Gasteiger partial charge in [-0.1, -0.05) is 0 Å². The summed E-state index contributed by atoms with van der Waals surface area (Å²) in [7, 11) is 0. The molecule has 1 amide bonds. The molecule has 1 aromatic carbocycles. The molecule has 25 heavy (non-hydrogen) atoms. The molecule has 2 fully saturated rings. The van der Waals surface area contributed by atoms with Crippen LogP contribution in [0.15, 0.2) is 30.5 Å². The van der Waals surface area contributed by atoms with Gasteiger partial charge in [-0.05, 0) is 31.2 Å². The maximum atomic E-state index is 13.1. The minimum absolute atomic E-state index is 0.0429. The number of piperidine rings is 1. The second kappa shape index (κ2) is 6.24. The van der Waals surface area contributed by atoms with Crippen molar-refractivity contribution in [2.45, 2.75) is 25.6 Å². The first-order valence-electron chi connectivity index (χ1n) is 8.46. The van der Waals surface area contributed by atoms with Gasteiger partial charge in [0.25, 0.3) is 5.91 Å². The molecule has 2 saturated heterocycles. The summed E-state index contributed by atoms with van der Waals surface area (Å²) in [5.41, 5.74) is 2.03. The second-order valence-corrected chi connectivity index (χ2v) is 6.43. The summed E-state index contributed by atoms with van der Waals surface area (Å²) in [4.78, 5) is 14.7. The van der Waals surface area contributed by atoms with E-state index in [-0.39, 0.29) is 11.7 Å². The van der Waals surface area contributed by atoms with Gasteiger partial charge in [0.05, 0.1) is 36.4 Å². The van der Waals surface area contributed by atoms with Gasteiger partial charge in [0, 0.05) is 25.9 Å². The topological polar surface area (TPSA) is 56.6 Å². The van der Waals surface area contributed by atoms with E-state index in [9.17, 15) is 9.18 Å². The predicted molar refractivity (Wildman–Crippen MR) is 88.0 cm³/mol. The fourth-order valence-corrected chi connectivity index (χ4v) is 3.47. The van der Waals surface area contributed by atoms with E-state index in [2.05, 4.69) is 5.10 Å². The van der Waals surface area contributed by atoms with Crippen LogP contribution < -0.4 is 0 Å². The van der Waals surface area contributed by atoms with Gasteiger partial charge in [-0.25, -0.2) is 9.07 Å². The van der Waals surface area contributed by atoms with Crippen molar-refractivity contribution in [1.82, 2.24) is 14.7 Å². The molecule has 4 rings (SSSR count). The third-order valence-electron chi connectivity index (χ3n) is 4.94. The maximum absolute atomic E-state index is 13.1. The Morgan fingerprint density at radius 3 is 2.44 bits per heavy atom. The molecule has 7 heteroatoms. The zero-order chi connectivity index (χ0) is 17.4. The number of ether oxygens (including phenoxy) is 2. The van der Waals surface area contributed by atoms with Gasteiger partial charge in [0.15, 0.2) is 5.79 Å². The molecule has 0 atom stereocenters. The Labute approximate surface area is 145 Å². The van der Waals surface area contributed by atoms with E-state index >= 15 is 0 Å². The number of likely N-dealkylation sites (tertiary alicyclic amines) is 1. The Kier molecular flexibility index (Phi) is 4.05. The number of amides is 1. The van der Waals surface area contributed by atoms with E-state index in [1.165, 1.54) is 12.1 Å². The second-order valence-electron chi connectivity index (χ2n) is 6.43. The molecular weight excluding hydrogens is 325 g/mol. The van der Waals surface area contributed by atoms with Crippen molar-refractivity contribution < 1.29 is 18.7 Å². The van der Waals surface area contributed by atoms with E-state index in [1.807, 2.05) is 11.8 Å². The summed E-state index contributed by atoms with van der Waals surface area (Å²) in [6.07, 6.45) is 2.95. The lowest BCUT2D eigenvalue weighted by Gasteiger charge is -2.37. The predicted octanol–water partition coefficient (Wildman–Crippen LogP) is 2.30. The molecule has 3 heterocycles. The highest BCUT2D eigenvalue weighted by atomic mass is 19.1. The number of carbonyl (C=O) groups is 1. The third-order valence-corrected chi connectivity index (χ3v) is 4.94. The number of carbonyl (C=O) groups excluding carboxylic acids is 1. The molecule has 2 aliphatic rings. The highest BCUT2D eigenvalue weighted by Crippen LogP contribution is 2.32. The van der Waals surface area contributed by atoms with E-state index in [4.69, 9.17) is 9.47 Å². The van der Waals surface area contributed by atoms with Crippen molar-refractivity contribution in [3.05, 3.63) is 47.5 Å². The minimum Gasteiger partial charge on any atom is -0.347 e.